The van der Waals surface area contributed by atoms with Crippen LogP contribution in [0.2, 0.25) is 5.02 Å². The maximum Gasteiger partial charge on any atom is 0.147 e. The number of alkyl halides is 1. The van der Waals surface area contributed by atoms with Gasteiger partial charge in [-0.15, -0.1) is 0 Å². The lowest BCUT2D eigenvalue weighted by atomic mass is 9.83. The smallest absolute Gasteiger partial charge is 0.147 e. The highest BCUT2D eigenvalue weighted by Gasteiger charge is 2.58. The summed E-state index contributed by atoms with van der Waals surface area (Å²) in [6.07, 6.45) is 1.40. The molecule has 3 rings (SSSR count). The van der Waals surface area contributed by atoms with Gasteiger partial charge in [0, 0.05) is 5.56 Å². The van der Waals surface area contributed by atoms with Crippen LogP contribution >= 0.6 is 11.6 Å². The molecule has 1 atom stereocenters. The third-order valence-electron chi connectivity index (χ3n) is 3.80. The van der Waals surface area contributed by atoms with Crippen LogP contribution in [0.3, 0.4) is 0 Å². The molecule has 4 heteroatoms. The van der Waals surface area contributed by atoms with Crippen molar-refractivity contribution in [3.8, 4) is 0 Å². The molecule has 1 nitrogen and oxygen atoms in total. The number of hydrogen-bond donors (Lipinski definition) is 0. The molecule has 0 N–H and O–H groups in total. The van der Waals surface area contributed by atoms with E-state index in [1.54, 1.807) is 12.1 Å². The normalized spacial score (nSPS) is 36.2. The van der Waals surface area contributed by atoms with E-state index in [0.29, 0.717) is 31.2 Å². The summed E-state index contributed by atoms with van der Waals surface area (Å²) in [5.41, 5.74) is 0.184. The van der Waals surface area contributed by atoms with Crippen LogP contribution in [0.25, 0.3) is 0 Å². The van der Waals surface area contributed by atoms with E-state index in [9.17, 15) is 8.78 Å². The van der Waals surface area contributed by atoms with Crippen LogP contribution in [0.15, 0.2) is 18.2 Å². The molecular weight excluding hydrogens is 246 g/mol. The first-order valence-electron chi connectivity index (χ1n) is 5.88. The van der Waals surface area contributed by atoms with Crippen molar-refractivity contribution in [1.82, 2.24) is 0 Å². The zero-order valence-electron chi connectivity index (χ0n) is 9.26. The van der Waals surface area contributed by atoms with E-state index < -0.39 is 12.0 Å². The fraction of sp³-hybridized carbons (Fsp3) is 0.538. The Morgan fingerprint density at radius 1 is 1.29 bits per heavy atom. The maximum atomic E-state index is 13.8. The lowest BCUT2D eigenvalue weighted by Gasteiger charge is -2.21. The molecule has 1 saturated carbocycles. The number of hydrogen-bond acceptors (Lipinski definition) is 1. The largest absolute Gasteiger partial charge is 0.361 e. The third-order valence-corrected chi connectivity index (χ3v) is 4.09. The predicted octanol–water partition coefficient (Wildman–Crippen LogP) is 4.20. The van der Waals surface area contributed by atoms with Crippen LogP contribution in [0.1, 0.15) is 37.4 Å². The summed E-state index contributed by atoms with van der Waals surface area (Å²) in [5, 5.41) is 0.118. The fourth-order valence-corrected chi connectivity index (χ4v) is 2.90. The van der Waals surface area contributed by atoms with Crippen LogP contribution in [0.5, 0.6) is 0 Å². The first kappa shape index (κ1) is 11.4. The highest BCUT2D eigenvalue weighted by atomic mass is 35.5. The van der Waals surface area contributed by atoms with Gasteiger partial charge in [0.05, 0.1) is 10.6 Å². The van der Waals surface area contributed by atoms with E-state index in [4.69, 9.17) is 16.3 Å². The highest BCUT2D eigenvalue weighted by Crippen LogP contribution is 2.58. The molecule has 0 radical (unpaired) electrons. The summed E-state index contributed by atoms with van der Waals surface area (Å²) in [4.78, 5) is 0. The van der Waals surface area contributed by atoms with Crippen molar-refractivity contribution in [1.29, 1.82) is 0 Å². The first-order valence-corrected chi connectivity index (χ1v) is 6.26. The molecule has 1 spiro atoms. The first-order chi connectivity index (χ1) is 8.12. The van der Waals surface area contributed by atoms with Crippen molar-refractivity contribution in [2.75, 3.05) is 0 Å². The predicted molar refractivity (Wildman–Crippen MR) is 61.3 cm³/mol. The molecule has 1 aromatic rings. The Hall–Kier alpha value is -0.670. The molecule has 1 heterocycles. The van der Waals surface area contributed by atoms with Gasteiger partial charge in [-0.05, 0) is 31.7 Å². The fourth-order valence-electron chi connectivity index (χ4n) is 2.72. The Morgan fingerprint density at radius 2 is 2.00 bits per heavy atom. The van der Waals surface area contributed by atoms with Gasteiger partial charge in [-0.2, -0.15) is 0 Å². The number of rotatable bonds is 1. The standard InChI is InChI=1S/C13H13ClF2O/c14-10-3-1-2-9(11(10)16)12-13(17-12)6-4-8(15)5-7-13/h1-3,8,12H,4-7H2. The monoisotopic (exact) mass is 258 g/mol. The molecule has 0 aromatic heterocycles. The topological polar surface area (TPSA) is 12.5 Å². The van der Waals surface area contributed by atoms with Crippen LogP contribution in [0, 0.1) is 5.82 Å². The Bertz CT molecular complexity index is 441. The molecule has 1 aromatic carbocycles. The molecular formula is C13H13ClF2O. The number of halogens is 3. The van der Waals surface area contributed by atoms with Gasteiger partial charge in [-0.25, -0.2) is 8.78 Å². The second-order valence-electron chi connectivity index (χ2n) is 4.88. The molecule has 1 aliphatic heterocycles. The van der Waals surface area contributed by atoms with Crippen molar-refractivity contribution in [3.05, 3.63) is 34.6 Å². The van der Waals surface area contributed by atoms with Gasteiger partial charge in [-0.1, -0.05) is 23.7 Å². The zero-order valence-corrected chi connectivity index (χ0v) is 10.0. The van der Waals surface area contributed by atoms with Gasteiger partial charge in [0.1, 0.15) is 18.1 Å². The van der Waals surface area contributed by atoms with E-state index in [1.807, 2.05) is 0 Å². The van der Waals surface area contributed by atoms with E-state index in [1.165, 1.54) is 6.07 Å². The second kappa shape index (κ2) is 3.92. The molecule has 1 aliphatic carbocycles. The van der Waals surface area contributed by atoms with E-state index in [2.05, 4.69) is 0 Å². The van der Waals surface area contributed by atoms with Gasteiger partial charge < -0.3 is 4.74 Å². The van der Waals surface area contributed by atoms with Gasteiger partial charge in [0.2, 0.25) is 0 Å². The van der Waals surface area contributed by atoms with Crippen LogP contribution in [-0.4, -0.2) is 11.8 Å². The molecule has 0 amide bonds. The van der Waals surface area contributed by atoms with Crippen molar-refractivity contribution in [2.24, 2.45) is 0 Å². The average Bonchev–Trinajstić information content (AvgIpc) is 3.01. The molecule has 17 heavy (non-hydrogen) atoms. The summed E-state index contributed by atoms with van der Waals surface area (Å²) < 4.78 is 32.5. The summed E-state index contributed by atoms with van der Waals surface area (Å²) in [6, 6.07) is 4.94. The SMILES string of the molecule is Fc1c(Cl)cccc1C1OC12CCC(F)CC2. The van der Waals surface area contributed by atoms with E-state index in [-0.39, 0.29) is 16.7 Å². The van der Waals surface area contributed by atoms with Gasteiger partial charge in [0.15, 0.2) is 0 Å². The minimum Gasteiger partial charge on any atom is -0.361 e. The quantitative estimate of drug-likeness (QED) is 0.688. The van der Waals surface area contributed by atoms with E-state index >= 15 is 0 Å². The van der Waals surface area contributed by atoms with E-state index in [0.717, 1.165) is 0 Å². The lowest BCUT2D eigenvalue weighted by molar-refractivity contribution is 0.164. The molecule has 2 fully saturated rings. The Labute approximate surface area is 104 Å². The minimum atomic E-state index is -0.727. The Balaban J connectivity index is 1.82. The van der Waals surface area contributed by atoms with Gasteiger partial charge in [0.25, 0.3) is 0 Å². The van der Waals surface area contributed by atoms with Crippen molar-refractivity contribution < 1.29 is 13.5 Å². The maximum absolute atomic E-state index is 13.8. The highest BCUT2D eigenvalue weighted by molar-refractivity contribution is 6.30. The summed E-state index contributed by atoms with van der Waals surface area (Å²) >= 11 is 5.75. The van der Waals surface area contributed by atoms with Crippen molar-refractivity contribution >= 4 is 11.6 Å². The van der Waals surface area contributed by atoms with Crippen LogP contribution < -0.4 is 0 Å². The Morgan fingerprint density at radius 3 is 2.71 bits per heavy atom. The summed E-state index contributed by atoms with van der Waals surface area (Å²) in [6.45, 7) is 0. The number of benzene rings is 1. The summed E-state index contributed by atoms with van der Waals surface area (Å²) in [5.74, 6) is -0.404. The molecule has 2 aliphatic rings. The van der Waals surface area contributed by atoms with Crippen LogP contribution in [-0.2, 0) is 4.74 Å². The number of epoxide rings is 1. The molecule has 1 unspecified atom stereocenters. The van der Waals surface area contributed by atoms with Crippen LogP contribution in [0.4, 0.5) is 8.78 Å². The Kier molecular flexibility index (Phi) is 2.64. The van der Waals surface area contributed by atoms with Crippen molar-refractivity contribution in [2.45, 2.75) is 43.6 Å². The summed E-state index contributed by atoms with van der Waals surface area (Å²) in [7, 11) is 0. The average molecular weight is 259 g/mol. The molecule has 92 valence electrons. The third kappa shape index (κ3) is 1.85. The molecule has 0 bridgehead atoms. The number of ether oxygens (including phenoxy) is 1. The van der Waals surface area contributed by atoms with Crippen molar-refractivity contribution in [3.63, 3.8) is 0 Å². The second-order valence-corrected chi connectivity index (χ2v) is 5.29. The molecule has 1 saturated heterocycles. The van der Waals surface area contributed by atoms with Gasteiger partial charge in [-0.3, -0.25) is 0 Å². The minimum absolute atomic E-state index is 0.118. The van der Waals surface area contributed by atoms with Gasteiger partial charge >= 0.3 is 0 Å². The zero-order chi connectivity index (χ0) is 12.0. The lowest BCUT2D eigenvalue weighted by Crippen LogP contribution is -2.23.